The Kier molecular flexibility index (Phi) is 3.93. The average Bonchev–Trinajstić information content (AvgIpc) is 2.87. The Hall–Kier alpha value is -3.23. The summed E-state index contributed by atoms with van der Waals surface area (Å²) in [5, 5.41) is 18.1. The number of hydrogen-bond donors (Lipinski definition) is 3. The van der Waals surface area contributed by atoms with E-state index in [0.717, 1.165) is 10.9 Å². The monoisotopic (exact) mass is 289 g/mol. The van der Waals surface area contributed by atoms with Gasteiger partial charge in [0.05, 0.1) is 17.4 Å². The quantitative estimate of drug-likeness (QED) is 0.691. The molecule has 4 N–H and O–H groups in total. The number of carboxylic acids is 1. The van der Waals surface area contributed by atoms with Gasteiger partial charge in [0, 0.05) is 0 Å². The molecule has 108 valence electrons. The second-order valence-corrected chi connectivity index (χ2v) is 4.06. The van der Waals surface area contributed by atoms with E-state index in [4.69, 9.17) is 10.8 Å². The second-order valence-electron chi connectivity index (χ2n) is 4.06. The fraction of sp³-hybridized carbons (Fsp3) is 0.0833. The summed E-state index contributed by atoms with van der Waals surface area (Å²) >= 11 is 0. The van der Waals surface area contributed by atoms with Crippen LogP contribution in [0.15, 0.2) is 30.5 Å². The van der Waals surface area contributed by atoms with Crippen molar-refractivity contribution in [3.63, 3.8) is 0 Å². The highest BCUT2D eigenvalue weighted by Gasteiger charge is 2.13. The molecule has 2 amide bonds. The molecule has 0 spiro atoms. The van der Waals surface area contributed by atoms with Gasteiger partial charge in [0.2, 0.25) is 5.91 Å². The largest absolute Gasteiger partial charge is 0.476 e. The van der Waals surface area contributed by atoms with E-state index in [9.17, 15) is 14.4 Å². The fourth-order valence-electron chi connectivity index (χ4n) is 1.62. The van der Waals surface area contributed by atoms with E-state index < -0.39 is 17.8 Å². The maximum absolute atomic E-state index is 11.8. The molecule has 0 aliphatic carbocycles. The number of nitrogens with two attached hydrogens (primary N) is 1. The Bertz CT molecular complexity index is 709. The van der Waals surface area contributed by atoms with Crippen molar-refractivity contribution in [2.45, 2.75) is 6.54 Å². The number of hydrogen-bond acceptors (Lipinski definition) is 5. The first-order chi connectivity index (χ1) is 9.97. The van der Waals surface area contributed by atoms with Crippen LogP contribution in [0.4, 0.5) is 5.69 Å². The number of nitrogens with one attached hydrogen (secondary N) is 1. The van der Waals surface area contributed by atoms with Gasteiger partial charge in [-0.2, -0.15) is 0 Å². The highest BCUT2D eigenvalue weighted by Crippen LogP contribution is 2.14. The third-order valence-corrected chi connectivity index (χ3v) is 2.53. The number of para-hydroxylation sites is 1. The molecule has 0 fully saturated rings. The van der Waals surface area contributed by atoms with Crippen molar-refractivity contribution in [3.05, 3.63) is 41.7 Å². The van der Waals surface area contributed by atoms with Crippen LogP contribution in [0.3, 0.4) is 0 Å². The molecule has 1 aromatic carbocycles. The molecule has 0 unspecified atom stereocenters. The second kappa shape index (κ2) is 5.82. The summed E-state index contributed by atoms with van der Waals surface area (Å²) in [7, 11) is 0. The van der Waals surface area contributed by atoms with Crippen molar-refractivity contribution >= 4 is 23.5 Å². The Balaban J connectivity index is 2.08. The molecular weight excluding hydrogens is 278 g/mol. The van der Waals surface area contributed by atoms with Gasteiger partial charge in [-0.05, 0) is 12.1 Å². The molecule has 1 heterocycles. The number of aromatic carboxylic acids is 1. The first kappa shape index (κ1) is 14.2. The van der Waals surface area contributed by atoms with Crippen molar-refractivity contribution < 1.29 is 19.5 Å². The van der Waals surface area contributed by atoms with Gasteiger partial charge >= 0.3 is 5.97 Å². The van der Waals surface area contributed by atoms with E-state index in [1.165, 1.54) is 12.1 Å². The van der Waals surface area contributed by atoms with Crippen LogP contribution < -0.4 is 11.1 Å². The molecule has 2 aromatic rings. The van der Waals surface area contributed by atoms with Crippen LogP contribution in [0.1, 0.15) is 20.8 Å². The maximum Gasteiger partial charge on any atom is 0.358 e. The summed E-state index contributed by atoms with van der Waals surface area (Å²) in [6.07, 6.45) is 1.13. The van der Waals surface area contributed by atoms with Crippen LogP contribution in [-0.2, 0) is 11.3 Å². The molecule has 0 saturated carbocycles. The van der Waals surface area contributed by atoms with Gasteiger partial charge in [-0.25, -0.2) is 9.48 Å². The lowest BCUT2D eigenvalue weighted by atomic mass is 10.1. The third-order valence-electron chi connectivity index (χ3n) is 2.53. The highest BCUT2D eigenvalue weighted by atomic mass is 16.4. The summed E-state index contributed by atoms with van der Waals surface area (Å²) in [6, 6.07) is 6.27. The van der Waals surface area contributed by atoms with E-state index in [1.54, 1.807) is 12.1 Å². The van der Waals surface area contributed by atoms with Gasteiger partial charge in [-0.3, -0.25) is 9.59 Å². The fourth-order valence-corrected chi connectivity index (χ4v) is 1.62. The minimum Gasteiger partial charge on any atom is -0.476 e. The van der Waals surface area contributed by atoms with E-state index in [-0.39, 0.29) is 23.5 Å². The van der Waals surface area contributed by atoms with E-state index in [2.05, 4.69) is 15.6 Å². The Morgan fingerprint density at radius 3 is 2.62 bits per heavy atom. The lowest BCUT2D eigenvalue weighted by Gasteiger charge is -2.08. The van der Waals surface area contributed by atoms with Gasteiger partial charge in [-0.15, -0.1) is 5.10 Å². The number of anilines is 1. The van der Waals surface area contributed by atoms with Crippen LogP contribution in [-0.4, -0.2) is 37.9 Å². The van der Waals surface area contributed by atoms with Crippen molar-refractivity contribution in [3.8, 4) is 0 Å². The van der Waals surface area contributed by atoms with Gasteiger partial charge in [0.1, 0.15) is 6.54 Å². The van der Waals surface area contributed by atoms with Crippen molar-refractivity contribution in [1.29, 1.82) is 0 Å². The summed E-state index contributed by atoms with van der Waals surface area (Å²) in [6.45, 7) is -0.243. The maximum atomic E-state index is 11.8. The molecular formula is C12H11N5O4. The molecule has 0 aliphatic rings. The number of rotatable bonds is 5. The number of nitrogens with zero attached hydrogens (tertiary/aromatic N) is 3. The van der Waals surface area contributed by atoms with E-state index >= 15 is 0 Å². The predicted octanol–water partition coefficient (Wildman–Crippen LogP) is -0.286. The average molecular weight is 289 g/mol. The third kappa shape index (κ3) is 3.41. The smallest absolute Gasteiger partial charge is 0.358 e. The number of benzene rings is 1. The zero-order chi connectivity index (χ0) is 15.4. The lowest BCUT2D eigenvalue weighted by Crippen LogP contribution is -2.22. The number of carboxylic acid groups (broad SMARTS) is 1. The van der Waals surface area contributed by atoms with Crippen LogP contribution in [0.5, 0.6) is 0 Å². The standard InChI is InChI=1S/C12H11N5O4/c13-11(19)7-3-1-2-4-8(7)14-10(18)6-17-5-9(12(20)21)15-16-17/h1-5H,6H2,(H2,13,19)(H,14,18)(H,20,21). The molecule has 0 aliphatic heterocycles. The van der Waals surface area contributed by atoms with Crippen LogP contribution >= 0.6 is 0 Å². The van der Waals surface area contributed by atoms with Crippen molar-refractivity contribution in [2.75, 3.05) is 5.32 Å². The molecule has 0 saturated heterocycles. The Morgan fingerprint density at radius 1 is 1.29 bits per heavy atom. The Labute approximate surface area is 118 Å². The number of carbonyl (C=O) groups excluding carboxylic acids is 2. The van der Waals surface area contributed by atoms with Gasteiger partial charge in [-0.1, -0.05) is 17.3 Å². The molecule has 1 aromatic heterocycles. The molecule has 2 rings (SSSR count). The summed E-state index contributed by atoms with van der Waals surface area (Å²) in [5.41, 5.74) is 5.38. The molecule has 0 radical (unpaired) electrons. The summed E-state index contributed by atoms with van der Waals surface area (Å²) < 4.78 is 1.08. The van der Waals surface area contributed by atoms with Gasteiger partial charge in [0.25, 0.3) is 5.91 Å². The minimum absolute atomic E-state index is 0.177. The Morgan fingerprint density at radius 2 is 2.00 bits per heavy atom. The van der Waals surface area contributed by atoms with E-state index in [1.807, 2.05) is 0 Å². The summed E-state index contributed by atoms with van der Waals surface area (Å²) in [4.78, 5) is 33.7. The summed E-state index contributed by atoms with van der Waals surface area (Å²) in [5.74, 6) is -2.40. The van der Waals surface area contributed by atoms with Crippen molar-refractivity contribution in [2.24, 2.45) is 5.73 Å². The lowest BCUT2D eigenvalue weighted by molar-refractivity contribution is -0.116. The predicted molar refractivity (Wildman–Crippen MR) is 70.6 cm³/mol. The zero-order valence-electron chi connectivity index (χ0n) is 10.7. The van der Waals surface area contributed by atoms with Gasteiger partial charge in [0.15, 0.2) is 5.69 Å². The number of primary amides is 1. The first-order valence-electron chi connectivity index (χ1n) is 5.79. The molecule has 9 heteroatoms. The molecule has 9 nitrogen and oxygen atoms in total. The van der Waals surface area contributed by atoms with Crippen LogP contribution in [0.2, 0.25) is 0 Å². The number of amides is 2. The first-order valence-corrected chi connectivity index (χ1v) is 5.79. The van der Waals surface area contributed by atoms with Crippen LogP contribution in [0, 0.1) is 0 Å². The van der Waals surface area contributed by atoms with Crippen molar-refractivity contribution in [1.82, 2.24) is 15.0 Å². The van der Waals surface area contributed by atoms with E-state index in [0.29, 0.717) is 0 Å². The number of carbonyl (C=O) groups is 3. The zero-order valence-corrected chi connectivity index (χ0v) is 10.7. The van der Waals surface area contributed by atoms with Crippen LogP contribution in [0.25, 0.3) is 0 Å². The molecule has 21 heavy (non-hydrogen) atoms. The molecule has 0 atom stereocenters. The number of aromatic nitrogens is 3. The normalized spacial score (nSPS) is 10.1. The van der Waals surface area contributed by atoms with Gasteiger partial charge < -0.3 is 16.2 Å². The SMILES string of the molecule is NC(=O)c1ccccc1NC(=O)Cn1cc(C(=O)O)nn1. The minimum atomic E-state index is -1.24. The molecule has 0 bridgehead atoms. The highest BCUT2D eigenvalue weighted by molar-refractivity contribution is 6.02. The topological polar surface area (TPSA) is 140 Å².